The quantitative estimate of drug-likeness (QED) is 0.606. The summed E-state index contributed by atoms with van der Waals surface area (Å²) in [5, 5.41) is 11.6. The van der Waals surface area contributed by atoms with E-state index in [4.69, 9.17) is 5.26 Å². The fraction of sp³-hybridized carbons (Fsp3) is 0.304. The van der Waals surface area contributed by atoms with Gasteiger partial charge in [0.25, 0.3) is 5.91 Å². The number of imide groups is 1. The molecule has 3 amide bonds. The number of amides is 3. The second-order valence-corrected chi connectivity index (χ2v) is 7.26. The summed E-state index contributed by atoms with van der Waals surface area (Å²) in [4.78, 5) is 39.5. The molecule has 148 valence electrons. The number of nitrogens with zero attached hydrogens (tertiary/aromatic N) is 2. The van der Waals surface area contributed by atoms with E-state index in [2.05, 4.69) is 5.32 Å². The molecule has 2 aromatic carbocycles. The highest BCUT2D eigenvalue weighted by Gasteiger charge is 2.49. The largest absolute Gasteiger partial charge is 0.325 e. The van der Waals surface area contributed by atoms with Gasteiger partial charge in [0.1, 0.15) is 5.54 Å². The molecule has 2 aromatic rings. The molecule has 0 spiro atoms. The number of nitriles is 1. The Labute approximate surface area is 170 Å². The molecular weight excluding hydrogens is 366 g/mol. The number of carbonyl (C=O) groups excluding carboxylic acids is 3. The highest BCUT2D eigenvalue weighted by Crippen LogP contribution is 2.29. The highest BCUT2D eigenvalue weighted by molar-refractivity contribution is 6.11. The van der Waals surface area contributed by atoms with Gasteiger partial charge in [0.15, 0.2) is 5.78 Å². The number of hydrogen-bond donors (Lipinski definition) is 1. The lowest BCUT2D eigenvalue weighted by molar-refractivity contribution is -0.130. The van der Waals surface area contributed by atoms with Crippen molar-refractivity contribution >= 4 is 17.7 Å². The van der Waals surface area contributed by atoms with E-state index in [-0.39, 0.29) is 12.3 Å². The van der Waals surface area contributed by atoms with Crippen LogP contribution in [-0.2, 0) is 23.2 Å². The van der Waals surface area contributed by atoms with Crippen LogP contribution < -0.4 is 5.32 Å². The van der Waals surface area contributed by atoms with Gasteiger partial charge in [-0.25, -0.2) is 4.79 Å². The second-order valence-electron chi connectivity index (χ2n) is 7.26. The van der Waals surface area contributed by atoms with E-state index in [0.29, 0.717) is 23.1 Å². The lowest BCUT2D eigenvalue weighted by atomic mass is 9.91. The zero-order valence-corrected chi connectivity index (χ0v) is 16.8. The van der Waals surface area contributed by atoms with Crippen LogP contribution >= 0.6 is 0 Å². The molecule has 1 N–H and O–H groups in total. The highest BCUT2D eigenvalue weighted by atomic mass is 16.2. The van der Waals surface area contributed by atoms with Crippen LogP contribution in [0, 0.1) is 11.3 Å². The maximum atomic E-state index is 13.1. The maximum absolute atomic E-state index is 13.1. The number of hydrogen-bond acceptors (Lipinski definition) is 4. The predicted molar refractivity (Wildman–Crippen MR) is 108 cm³/mol. The average molecular weight is 389 g/mol. The predicted octanol–water partition coefficient (Wildman–Crippen LogP) is 3.33. The molecule has 1 heterocycles. The molecule has 0 bridgehead atoms. The van der Waals surface area contributed by atoms with Crippen LogP contribution in [0.5, 0.6) is 0 Å². The summed E-state index contributed by atoms with van der Waals surface area (Å²) in [6.07, 6.45) is 1.48. The van der Waals surface area contributed by atoms with Gasteiger partial charge in [-0.15, -0.1) is 0 Å². The van der Waals surface area contributed by atoms with E-state index < -0.39 is 17.5 Å². The summed E-state index contributed by atoms with van der Waals surface area (Å²) in [5.41, 5.74) is 2.24. The molecule has 0 aromatic heterocycles. The molecule has 3 rings (SSSR count). The van der Waals surface area contributed by atoms with Crippen LogP contribution in [0.4, 0.5) is 4.79 Å². The number of urea groups is 1. The van der Waals surface area contributed by atoms with Crippen molar-refractivity contribution in [1.82, 2.24) is 10.2 Å². The van der Waals surface area contributed by atoms with Gasteiger partial charge in [0.05, 0.1) is 18.2 Å². The minimum Gasteiger partial charge on any atom is -0.319 e. The van der Waals surface area contributed by atoms with Crippen LogP contribution in [0.25, 0.3) is 0 Å². The Morgan fingerprint density at radius 3 is 2.38 bits per heavy atom. The molecule has 0 aliphatic carbocycles. The first kappa shape index (κ1) is 20.3. The molecule has 1 aliphatic rings. The normalized spacial score (nSPS) is 18.5. The lowest BCUT2D eigenvalue weighted by Crippen LogP contribution is -2.41. The minimum atomic E-state index is -1.27. The Bertz CT molecular complexity index is 1020. The van der Waals surface area contributed by atoms with Crippen molar-refractivity contribution in [2.24, 2.45) is 0 Å². The smallest absolute Gasteiger partial charge is 0.319 e. The van der Waals surface area contributed by atoms with Crippen molar-refractivity contribution in [2.75, 3.05) is 6.54 Å². The molecule has 1 fully saturated rings. The molecule has 6 heteroatoms. The number of carbonyl (C=O) groups is 3. The molecule has 29 heavy (non-hydrogen) atoms. The zero-order chi connectivity index (χ0) is 21.2. The fourth-order valence-corrected chi connectivity index (χ4v) is 3.55. The van der Waals surface area contributed by atoms with Crippen LogP contribution in [-0.4, -0.2) is 29.2 Å². The van der Waals surface area contributed by atoms with Gasteiger partial charge in [-0.1, -0.05) is 38.1 Å². The Hall–Kier alpha value is -3.46. The monoisotopic (exact) mass is 389 g/mol. The summed E-state index contributed by atoms with van der Waals surface area (Å²) in [6.45, 7) is 5.27. The van der Waals surface area contributed by atoms with Crippen molar-refractivity contribution in [3.8, 4) is 6.07 Å². The van der Waals surface area contributed by atoms with Crippen LogP contribution in [0.2, 0.25) is 0 Å². The van der Waals surface area contributed by atoms with Gasteiger partial charge >= 0.3 is 6.03 Å². The molecule has 6 nitrogen and oxygen atoms in total. The summed E-state index contributed by atoms with van der Waals surface area (Å²) < 4.78 is 0. The van der Waals surface area contributed by atoms with Crippen molar-refractivity contribution in [3.63, 3.8) is 0 Å². The number of rotatable bonds is 6. The van der Waals surface area contributed by atoms with Crippen molar-refractivity contribution in [1.29, 1.82) is 5.26 Å². The molecule has 0 radical (unpaired) electrons. The molecular formula is C23H23N3O3. The van der Waals surface area contributed by atoms with E-state index in [0.717, 1.165) is 22.4 Å². The van der Waals surface area contributed by atoms with E-state index in [1.54, 1.807) is 31.2 Å². The summed E-state index contributed by atoms with van der Waals surface area (Å²) in [6, 6.07) is 13.7. The second kappa shape index (κ2) is 7.88. The van der Waals surface area contributed by atoms with Gasteiger partial charge in [0, 0.05) is 5.56 Å². The number of benzene rings is 2. The zero-order valence-electron chi connectivity index (χ0n) is 16.8. The number of nitrogens with one attached hydrogen (secondary N) is 1. The first-order valence-corrected chi connectivity index (χ1v) is 9.63. The fourth-order valence-electron chi connectivity index (χ4n) is 3.55. The van der Waals surface area contributed by atoms with E-state index in [1.807, 2.05) is 38.1 Å². The lowest BCUT2D eigenvalue weighted by Gasteiger charge is -2.22. The SMILES string of the molecule is CCc1ccc(CC)c(C(=O)CN2C(=O)N[C@](C)(c3ccc(C#N)cc3)C2=O)c1. The van der Waals surface area contributed by atoms with Crippen LogP contribution in [0.1, 0.15) is 53.4 Å². The minimum absolute atomic E-state index is 0.260. The van der Waals surface area contributed by atoms with Gasteiger partial charge in [-0.3, -0.25) is 14.5 Å². The standard InChI is InChI=1S/C23H23N3O3/c1-4-15-6-9-17(5-2)19(12-15)20(27)14-26-21(28)23(3,25-22(26)29)18-10-7-16(13-24)8-11-18/h6-12H,4-5,14H2,1-3H3,(H,25,29)/t23-/m1/s1. The molecule has 0 saturated carbocycles. The van der Waals surface area contributed by atoms with Crippen molar-refractivity contribution in [3.05, 3.63) is 70.3 Å². The average Bonchev–Trinajstić information content (AvgIpc) is 2.97. The third-order valence-corrected chi connectivity index (χ3v) is 5.43. The van der Waals surface area contributed by atoms with E-state index in [9.17, 15) is 14.4 Å². The Morgan fingerprint density at radius 1 is 1.10 bits per heavy atom. The molecule has 0 unspecified atom stereocenters. The first-order valence-electron chi connectivity index (χ1n) is 9.63. The Morgan fingerprint density at radius 2 is 1.79 bits per heavy atom. The van der Waals surface area contributed by atoms with Gasteiger partial charge < -0.3 is 5.32 Å². The third-order valence-electron chi connectivity index (χ3n) is 5.43. The Kier molecular flexibility index (Phi) is 5.51. The van der Waals surface area contributed by atoms with Crippen LogP contribution in [0.3, 0.4) is 0 Å². The number of Topliss-reactive ketones (excluding diaryl/α,β-unsaturated/α-hetero) is 1. The topological polar surface area (TPSA) is 90.3 Å². The molecule has 1 atom stereocenters. The van der Waals surface area contributed by atoms with Gasteiger partial charge in [0.2, 0.25) is 0 Å². The first-order chi connectivity index (χ1) is 13.8. The van der Waals surface area contributed by atoms with Crippen LogP contribution in [0.15, 0.2) is 42.5 Å². The molecule has 1 aliphatic heterocycles. The summed E-state index contributed by atoms with van der Waals surface area (Å²) >= 11 is 0. The summed E-state index contributed by atoms with van der Waals surface area (Å²) in [7, 11) is 0. The molecule has 1 saturated heterocycles. The maximum Gasteiger partial charge on any atom is 0.325 e. The van der Waals surface area contributed by atoms with E-state index in [1.165, 1.54) is 0 Å². The van der Waals surface area contributed by atoms with Crippen molar-refractivity contribution < 1.29 is 14.4 Å². The third kappa shape index (κ3) is 3.64. The van der Waals surface area contributed by atoms with Crippen molar-refractivity contribution in [2.45, 2.75) is 39.2 Å². The summed E-state index contributed by atoms with van der Waals surface area (Å²) in [5.74, 6) is -0.741. The van der Waals surface area contributed by atoms with E-state index >= 15 is 0 Å². The van der Waals surface area contributed by atoms with Gasteiger partial charge in [-0.05, 0) is 54.7 Å². The Balaban J connectivity index is 1.87. The number of aryl methyl sites for hydroxylation is 2. The number of ketones is 1. The van der Waals surface area contributed by atoms with Gasteiger partial charge in [-0.2, -0.15) is 5.26 Å².